The lowest BCUT2D eigenvalue weighted by atomic mass is 9.79. The molecule has 1 saturated heterocycles. The second kappa shape index (κ2) is 8.56. The molecule has 156 valence electrons. The van der Waals surface area contributed by atoms with Crippen LogP contribution in [0.2, 0.25) is 0 Å². The highest BCUT2D eigenvalue weighted by Crippen LogP contribution is 2.28. The van der Waals surface area contributed by atoms with Crippen LogP contribution in [0.1, 0.15) is 56.5 Å². The summed E-state index contributed by atoms with van der Waals surface area (Å²) in [5, 5.41) is 10.4. The average Bonchev–Trinajstić information content (AvgIpc) is 2.64. The predicted octanol–water partition coefficient (Wildman–Crippen LogP) is 4.35. The summed E-state index contributed by atoms with van der Waals surface area (Å²) in [6.45, 7) is 9.83. The van der Waals surface area contributed by atoms with Crippen LogP contribution in [0.3, 0.4) is 0 Å². The number of carbonyl (C=O) groups excluding carboxylic acids is 1. The molecule has 5 heteroatoms. The van der Waals surface area contributed by atoms with Crippen LogP contribution in [0.5, 0.6) is 5.75 Å². The van der Waals surface area contributed by atoms with Crippen molar-refractivity contribution in [1.82, 2.24) is 10.6 Å². The zero-order valence-electron chi connectivity index (χ0n) is 18.1. The molecule has 3 rings (SSSR count). The molecular formula is C24H33N3O2. The Morgan fingerprint density at radius 1 is 1.07 bits per heavy atom. The molecule has 5 nitrogen and oxygen atoms in total. The lowest BCUT2D eigenvalue weighted by Gasteiger charge is -2.46. The Bertz CT molecular complexity index is 827. The van der Waals surface area contributed by atoms with Crippen molar-refractivity contribution in [2.75, 3.05) is 12.4 Å². The molecule has 0 saturated carbocycles. The van der Waals surface area contributed by atoms with Crippen molar-refractivity contribution in [2.45, 2.75) is 64.2 Å². The number of rotatable bonds is 6. The molecule has 2 aromatic rings. The Morgan fingerprint density at radius 2 is 1.72 bits per heavy atom. The number of anilines is 1. The van der Waals surface area contributed by atoms with E-state index < -0.39 is 0 Å². The van der Waals surface area contributed by atoms with Crippen LogP contribution in [-0.2, 0) is 6.54 Å². The highest BCUT2D eigenvalue weighted by atomic mass is 16.5. The van der Waals surface area contributed by atoms with E-state index in [2.05, 4.69) is 49.7 Å². The maximum atomic E-state index is 12.5. The van der Waals surface area contributed by atoms with Crippen LogP contribution in [0.15, 0.2) is 48.5 Å². The van der Waals surface area contributed by atoms with Gasteiger partial charge >= 0.3 is 0 Å². The molecule has 0 atom stereocenters. The highest BCUT2D eigenvalue weighted by molar-refractivity contribution is 6.04. The zero-order valence-corrected chi connectivity index (χ0v) is 18.1. The molecule has 1 aliphatic rings. The molecular weight excluding hydrogens is 362 g/mol. The first-order valence-corrected chi connectivity index (χ1v) is 10.2. The van der Waals surface area contributed by atoms with Crippen molar-refractivity contribution in [3.05, 3.63) is 59.7 Å². The van der Waals surface area contributed by atoms with E-state index in [9.17, 15) is 4.79 Å². The Balaban J connectivity index is 1.60. The lowest BCUT2D eigenvalue weighted by Crippen LogP contribution is -2.61. The number of piperidine rings is 1. The largest absolute Gasteiger partial charge is 0.497 e. The Kier molecular flexibility index (Phi) is 6.30. The van der Waals surface area contributed by atoms with E-state index in [1.165, 1.54) is 0 Å². The number of ether oxygens (including phenoxy) is 1. The topological polar surface area (TPSA) is 62.4 Å². The van der Waals surface area contributed by atoms with Gasteiger partial charge in [-0.1, -0.05) is 12.1 Å². The van der Waals surface area contributed by atoms with Gasteiger partial charge in [0.1, 0.15) is 5.75 Å². The van der Waals surface area contributed by atoms with Gasteiger partial charge in [0.25, 0.3) is 5.91 Å². The summed E-state index contributed by atoms with van der Waals surface area (Å²) in [5.41, 5.74) is 2.80. The lowest BCUT2D eigenvalue weighted by molar-refractivity contribution is 0.102. The molecule has 0 aromatic heterocycles. The van der Waals surface area contributed by atoms with Gasteiger partial charge in [0.15, 0.2) is 0 Å². The number of hydrogen-bond acceptors (Lipinski definition) is 4. The molecule has 0 unspecified atom stereocenters. The minimum absolute atomic E-state index is 0.119. The Hall–Kier alpha value is -2.37. The average molecular weight is 396 g/mol. The molecule has 1 heterocycles. The predicted molar refractivity (Wildman–Crippen MR) is 119 cm³/mol. The van der Waals surface area contributed by atoms with Gasteiger partial charge in [0, 0.05) is 34.9 Å². The van der Waals surface area contributed by atoms with E-state index in [-0.39, 0.29) is 17.0 Å². The van der Waals surface area contributed by atoms with E-state index in [1.807, 2.05) is 18.2 Å². The minimum Gasteiger partial charge on any atom is -0.497 e. The van der Waals surface area contributed by atoms with E-state index in [4.69, 9.17) is 4.74 Å². The van der Waals surface area contributed by atoms with Crippen molar-refractivity contribution in [2.24, 2.45) is 0 Å². The molecule has 0 aliphatic carbocycles. The fraction of sp³-hybridized carbons (Fsp3) is 0.458. The summed E-state index contributed by atoms with van der Waals surface area (Å²) in [4.78, 5) is 12.5. The number of nitrogens with one attached hydrogen (secondary N) is 3. The SMILES string of the molecule is COc1ccc(C(=O)Nc2cccc(CNC3CC(C)(C)NC(C)(C)C3)c2)cc1. The third kappa shape index (κ3) is 6.05. The van der Waals surface area contributed by atoms with Gasteiger partial charge in [0.2, 0.25) is 0 Å². The van der Waals surface area contributed by atoms with E-state index >= 15 is 0 Å². The van der Waals surface area contributed by atoms with Crippen molar-refractivity contribution >= 4 is 11.6 Å². The van der Waals surface area contributed by atoms with Crippen LogP contribution in [0, 0.1) is 0 Å². The third-order valence-electron chi connectivity index (χ3n) is 5.32. The summed E-state index contributed by atoms with van der Waals surface area (Å²) in [6, 6.07) is 15.6. The molecule has 1 fully saturated rings. The monoisotopic (exact) mass is 395 g/mol. The number of hydrogen-bond donors (Lipinski definition) is 3. The van der Waals surface area contributed by atoms with Gasteiger partial charge < -0.3 is 20.7 Å². The smallest absolute Gasteiger partial charge is 0.255 e. The fourth-order valence-corrected chi connectivity index (χ4v) is 4.43. The standard InChI is InChI=1S/C24H33N3O2/c1-23(2)14-20(15-24(3,4)27-23)25-16-17-7-6-8-19(13-17)26-22(28)18-9-11-21(29-5)12-10-18/h6-13,20,25,27H,14-16H2,1-5H3,(H,26,28). The molecule has 29 heavy (non-hydrogen) atoms. The maximum absolute atomic E-state index is 12.5. The van der Waals surface area contributed by atoms with E-state index in [0.29, 0.717) is 11.6 Å². The normalized spacial score (nSPS) is 18.2. The summed E-state index contributed by atoms with van der Waals surface area (Å²) >= 11 is 0. The van der Waals surface area contributed by atoms with Crippen LogP contribution < -0.4 is 20.7 Å². The summed E-state index contributed by atoms with van der Waals surface area (Å²) in [5.74, 6) is 0.610. The summed E-state index contributed by atoms with van der Waals surface area (Å²) < 4.78 is 5.14. The van der Waals surface area contributed by atoms with E-state index in [1.54, 1.807) is 31.4 Å². The second-order valence-corrected chi connectivity index (χ2v) is 9.26. The van der Waals surface area contributed by atoms with Gasteiger partial charge in [0.05, 0.1) is 7.11 Å². The third-order valence-corrected chi connectivity index (χ3v) is 5.32. The van der Waals surface area contributed by atoms with Gasteiger partial charge in [-0.15, -0.1) is 0 Å². The molecule has 1 amide bonds. The summed E-state index contributed by atoms with van der Waals surface area (Å²) in [6.07, 6.45) is 2.18. The van der Waals surface area contributed by atoms with Gasteiger partial charge in [-0.25, -0.2) is 0 Å². The fourth-order valence-electron chi connectivity index (χ4n) is 4.43. The molecule has 0 spiro atoms. The van der Waals surface area contributed by atoms with Crippen LogP contribution in [0.4, 0.5) is 5.69 Å². The van der Waals surface area contributed by atoms with Crippen LogP contribution >= 0.6 is 0 Å². The van der Waals surface area contributed by atoms with Crippen molar-refractivity contribution in [3.8, 4) is 5.75 Å². The van der Waals surface area contributed by atoms with Gasteiger partial charge in [-0.3, -0.25) is 4.79 Å². The van der Waals surface area contributed by atoms with Gasteiger partial charge in [-0.05, 0) is 82.5 Å². The first-order chi connectivity index (χ1) is 13.7. The number of methoxy groups -OCH3 is 1. The Labute approximate surface area is 174 Å². The van der Waals surface area contributed by atoms with Crippen molar-refractivity contribution < 1.29 is 9.53 Å². The number of amides is 1. The quantitative estimate of drug-likeness (QED) is 0.681. The molecule has 2 aromatic carbocycles. The van der Waals surface area contributed by atoms with Crippen LogP contribution in [0.25, 0.3) is 0 Å². The molecule has 0 radical (unpaired) electrons. The van der Waals surface area contributed by atoms with Crippen molar-refractivity contribution in [1.29, 1.82) is 0 Å². The maximum Gasteiger partial charge on any atom is 0.255 e. The number of benzene rings is 2. The highest BCUT2D eigenvalue weighted by Gasteiger charge is 2.37. The summed E-state index contributed by atoms with van der Waals surface area (Å²) in [7, 11) is 1.61. The minimum atomic E-state index is -0.125. The van der Waals surface area contributed by atoms with E-state index in [0.717, 1.165) is 36.4 Å². The molecule has 3 N–H and O–H groups in total. The Morgan fingerprint density at radius 3 is 2.34 bits per heavy atom. The second-order valence-electron chi connectivity index (χ2n) is 9.26. The molecule has 0 bridgehead atoms. The zero-order chi connectivity index (χ0) is 21.1. The first-order valence-electron chi connectivity index (χ1n) is 10.2. The van der Waals surface area contributed by atoms with Crippen LogP contribution in [-0.4, -0.2) is 30.1 Å². The number of carbonyl (C=O) groups is 1. The van der Waals surface area contributed by atoms with Gasteiger partial charge in [-0.2, -0.15) is 0 Å². The van der Waals surface area contributed by atoms with Crippen molar-refractivity contribution in [3.63, 3.8) is 0 Å². The molecule has 1 aliphatic heterocycles. The first kappa shape index (κ1) is 21.3.